The molecule has 0 N–H and O–H groups in total. The number of esters is 1. The zero-order valence-electron chi connectivity index (χ0n) is 26.0. The third kappa shape index (κ3) is 5.23. The van der Waals surface area contributed by atoms with Gasteiger partial charge in [-0.3, -0.25) is 0 Å². The molecular formula is C39H34N2O2S3. The molecule has 5 aromatic rings. The minimum Gasteiger partial charge on any atom is -0.456 e. The lowest BCUT2D eigenvalue weighted by Gasteiger charge is -2.33. The van der Waals surface area contributed by atoms with Crippen molar-refractivity contribution in [3.05, 3.63) is 101 Å². The van der Waals surface area contributed by atoms with Gasteiger partial charge in [0.2, 0.25) is 0 Å². The largest absolute Gasteiger partial charge is 0.456 e. The van der Waals surface area contributed by atoms with E-state index in [4.69, 9.17) is 4.74 Å². The zero-order chi connectivity index (χ0) is 31.6. The van der Waals surface area contributed by atoms with Crippen LogP contribution in [-0.2, 0) is 9.53 Å². The Bertz CT molecular complexity index is 2020. The topological polar surface area (TPSA) is 53.3 Å². The molecule has 3 aliphatic rings. The summed E-state index contributed by atoms with van der Waals surface area (Å²) in [5.41, 5.74) is 4.90. The molecule has 2 aliphatic carbocycles. The fraction of sp³-hybridized carbons (Fsp3) is 0.282. The van der Waals surface area contributed by atoms with Gasteiger partial charge in [-0.05, 0) is 124 Å². The molecule has 4 unspecified atom stereocenters. The molecule has 4 atom stereocenters. The number of hydrogen-bond acceptors (Lipinski definition) is 7. The lowest BCUT2D eigenvalue weighted by atomic mass is 9.82. The SMILES string of the molecule is CC(C)(C)OC(=O)/C(C#N)=C/c1ccc(-c2ccc(-c3ccc(-c4ccc(N5c6ccccc6C6C7CCC(C7)C65)cc4)s3)s2)s1. The zero-order valence-corrected chi connectivity index (χ0v) is 28.5. The van der Waals surface area contributed by atoms with Crippen LogP contribution in [0.2, 0.25) is 0 Å². The second-order valence-electron chi connectivity index (χ2n) is 13.5. The molecule has 2 aromatic carbocycles. The van der Waals surface area contributed by atoms with Gasteiger partial charge in [0.15, 0.2) is 0 Å². The van der Waals surface area contributed by atoms with Crippen LogP contribution in [0.4, 0.5) is 11.4 Å². The van der Waals surface area contributed by atoms with E-state index in [0.717, 1.165) is 21.6 Å². The van der Waals surface area contributed by atoms with Gasteiger partial charge in [-0.25, -0.2) is 4.79 Å². The number of hydrogen-bond donors (Lipinski definition) is 0. The summed E-state index contributed by atoms with van der Waals surface area (Å²) in [4.78, 5) is 21.9. The first-order valence-electron chi connectivity index (χ1n) is 15.9. The summed E-state index contributed by atoms with van der Waals surface area (Å²) < 4.78 is 5.38. The number of rotatable bonds is 6. The molecule has 4 nitrogen and oxygen atoms in total. The molecule has 1 aliphatic heterocycles. The monoisotopic (exact) mass is 658 g/mol. The highest BCUT2D eigenvalue weighted by molar-refractivity contribution is 7.27. The maximum absolute atomic E-state index is 12.4. The molecule has 2 bridgehead atoms. The van der Waals surface area contributed by atoms with E-state index in [0.29, 0.717) is 12.0 Å². The Hall–Kier alpha value is -3.96. The number of nitriles is 1. The van der Waals surface area contributed by atoms with Crippen LogP contribution in [0, 0.1) is 23.2 Å². The molecule has 3 aromatic heterocycles. The highest BCUT2D eigenvalue weighted by Gasteiger charge is 2.55. The minimum atomic E-state index is -0.647. The second-order valence-corrected chi connectivity index (χ2v) is 16.8. The number of anilines is 2. The van der Waals surface area contributed by atoms with Gasteiger partial charge in [0.25, 0.3) is 0 Å². The first kappa shape index (κ1) is 29.4. The Balaban J connectivity index is 0.993. The van der Waals surface area contributed by atoms with E-state index in [1.165, 1.54) is 55.7 Å². The number of carbonyl (C=O) groups excluding carboxylic acids is 1. The third-order valence-corrected chi connectivity index (χ3v) is 13.1. The van der Waals surface area contributed by atoms with Crippen molar-refractivity contribution in [3.63, 3.8) is 0 Å². The summed E-state index contributed by atoms with van der Waals surface area (Å²) in [5.74, 6) is 1.75. The maximum Gasteiger partial charge on any atom is 0.349 e. The van der Waals surface area contributed by atoms with Gasteiger partial charge in [-0.1, -0.05) is 30.3 Å². The number of nitrogens with zero attached hydrogens (tertiary/aromatic N) is 2. The predicted molar refractivity (Wildman–Crippen MR) is 192 cm³/mol. The molecule has 2 saturated carbocycles. The number of ether oxygens (including phenoxy) is 1. The Labute approximate surface area is 282 Å². The van der Waals surface area contributed by atoms with E-state index in [9.17, 15) is 10.1 Å². The van der Waals surface area contributed by atoms with Crippen molar-refractivity contribution in [3.8, 4) is 36.0 Å². The summed E-state index contributed by atoms with van der Waals surface area (Å²) in [6, 6.07) is 33.7. The normalized spacial score (nSPS) is 21.7. The quantitative estimate of drug-likeness (QED) is 0.103. The summed E-state index contributed by atoms with van der Waals surface area (Å²) >= 11 is 5.16. The maximum atomic E-state index is 12.4. The van der Waals surface area contributed by atoms with Gasteiger partial charge >= 0.3 is 5.97 Å². The first-order valence-corrected chi connectivity index (χ1v) is 18.3. The number of para-hydroxylation sites is 1. The molecule has 7 heteroatoms. The standard InChI is InChI=1S/C39H34N2O2S3/c1-39(2,3)43-38(42)26(22-40)21-28-14-15-32(44-28)33-18-19-35(46-33)34-17-16-31(45-34)23-10-12-27(13-11-23)41-30-7-5-4-6-29(30)36-24-8-9-25(20-24)37(36)41/h4-7,10-19,21,24-25,36-37H,8-9,20H2,1-3H3/b26-21+. The van der Waals surface area contributed by atoms with Crippen LogP contribution >= 0.6 is 34.0 Å². The van der Waals surface area contributed by atoms with Crippen molar-refractivity contribution in [2.45, 2.75) is 57.6 Å². The fourth-order valence-corrected chi connectivity index (χ4v) is 10.9. The van der Waals surface area contributed by atoms with Gasteiger partial charge in [0.1, 0.15) is 17.2 Å². The van der Waals surface area contributed by atoms with Gasteiger partial charge in [-0.15, -0.1) is 34.0 Å². The molecule has 8 rings (SSSR count). The summed E-state index contributed by atoms with van der Waals surface area (Å²) in [7, 11) is 0. The highest BCUT2D eigenvalue weighted by atomic mass is 32.1. The van der Waals surface area contributed by atoms with Gasteiger partial charge in [0.05, 0.1) is 0 Å². The Morgan fingerprint density at radius 3 is 2.17 bits per heavy atom. The Morgan fingerprint density at radius 2 is 1.46 bits per heavy atom. The number of carbonyl (C=O) groups is 1. The Morgan fingerprint density at radius 1 is 0.826 bits per heavy atom. The average molecular weight is 659 g/mol. The van der Waals surface area contributed by atoms with Crippen molar-refractivity contribution in [1.29, 1.82) is 5.26 Å². The molecule has 46 heavy (non-hydrogen) atoms. The molecular weight excluding hydrogens is 625 g/mol. The van der Waals surface area contributed by atoms with Crippen molar-refractivity contribution in [2.24, 2.45) is 11.8 Å². The van der Waals surface area contributed by atoms with Crippen LogP contribution in [0.3, 0.4) is 0 Å². The lowest BCUT2D eigenvalue weighted by molar-refractivity contribution is -0.149. The van der Waals surface area contributed by atoms with Crippen molar-refractivity contribution < 1.29 is 9.53 Å². The van der Waals surface area contributed by atoms with E-state index in [-0.39, 0.29) is 5.57 Å². The summed E-state index contributed by atoms with van der Waals surface area (Å²) in [6.45, 7) is 5.39. The molecule has 2 fully saturated rings. The van der Waals surface area contributed by atoms with Crippen LogP contribution in [0.1, 0.15) is 56.4 Å². The first-order chi connectivity index (χ1) is 22.3. The molecule has 0 saturated heterocycles. The van der Waals surface area contributed by atoms with Crippen LogP contribution in [-0.4, -0.2) is 17.6 Å². The van der Waals surface area contributed by atoms with E-state index in [1.807, 2.05) is 23.5 Å². The molecule has 0 amide bonds. The summed E-state index contributed by atoms with van der Waals surface area (Å²) in [6.07, 6.45) is 5.77. The van der Waals surface area contributed by atoms with Gasteiger partial charge in [-0.2, -0.15) is 5.26 Å². The van der Waals surface area contributed by atoms with Crippen LogP contribution in [0.5, 0.6) is 0 Å². The smallest absolute Gasteiger partial charge is 0.349 e. The fourth-order valence-electron chi connectivity index (χ4n) is 7.72. The van der Waals surface area contributed by atoms with Crippen molar-refractivity contribution in [2.75, 3.05) is 4.90 Å². The van der Waals surface area contributed by atoms with Gasteiger partial charge < -0.3 is 9.64 Å². The summed E-state index contributed by atoms with van der Waals surface area (Å²) in [5, 5.41) is 9.53. The third-order valence-electron chi connectivity index (χ3n) is 9.51. The van der Waals surface area contributed by atoms with Crippen LogP contribution in [0.25, 0.3) is 36.0 Å². The second kappa shape index (κ2) is 11.4. The molecule has 0 radical (unpaired) electrons. The number of thiophene rings is 3. The average Bonchev–Trinajstić information content (AvgIpc) is 3.88. The van der Waals surface area contributed by atoms with Crippen molar-refractivity contribution >= 4 is 57.4 Å². The van der Waals surface area contributed by atoms with E-state index < -0.39 is 11.6 Å². The predicted octanol–water partition coefficient (Wildman–Crippen LogP) is 11.2. The van der Waals surface area contributed by atoms with Gasteiger partial charge in [0, 0.05) is 52.6 Å². The number of fused-ring (bicyclic) bond motifs is 7. The van der Waals surface area contributed by atoms with Crippen LogP contribution in [0.15, 0.2) is 90.5 Å². The molecule has 4 heterocycles. The van der Waals surface area contributed by atoms with E-state index in [2.05, 4.69) is 83.8 Å². The Kier molecular flexibility index (Phi) is 7.28. The lowest BCUT2D eigenvalue weighted by Crippen LogP contribution is -2.35. The van der Waals surface area contributed by atoms with Crippen LogP contribution < -0.4 is 4.90 Å². The van der Waals surface area contributed by atoms with E-state index in [1.54, 1.807) is 55.1 Å². The van der Waals surface area contributed by atoms with E-state index >= 15 is 0 Å². The minimum absolute atomic E-state index is 0.00863. The highest BCUT2D eigenvalue weighted by Crippen LogP contribution is 2.62. The number of benzene rings is 2. The molecule has 0 spiro atoms. The molecule has 230 valence electrons. The van der Waals surface area contributed by atoms with Crippen molar-refractivity contribution in [1.82, 2.24) is 0 Å².